The number of carbonyl (C=O) groups excluding carboxylic acids is 1. The van der Waals surface area contributed by atoms with Crippen LogP contribution >= 0.6 is 15.9 Å². The summed E-state index contributed by atoms with van der Waals surface area (Å²) in [5.74, 6) is 0.496. The summed E-state index contributed by atoms with van der Waals surface area (Å²) in [6.07, 6.45) is 0.238. The molecule has 0 unspecified atom stereocenters. The van der Waals surface area contributed by atoms with Gasteiger partial charge in [0, 0.05) is 17.6 Å². The first kappa shape index (κ1) is 14.3. The molecule has 4 nitrogen and oxygen atoms in total. The lowest BCUT2D eigenvalue weighted by molar-refractivity contribution is 0.0759. The second kappa shape index (κ2) is 5.92. The van der Waals surface area contributed by atoms with Crippen LogP contribution in [0.15, 0.2) is 22.7 Å². The number of halogens is 1. The van der Waals surface area contributed by atoms with Crippen molar-refractivity contribution in [3.63, 3.8) is 0 Å². The van der Waals surface area contributed by atoms with E-state index in [0.717, 1.165) is 4.47 Å². The SMILES string of the molecule is CC(C)Oc1cc(Br)ccc1C(=O)N1CC[C@H](O)C1. The molecule has 1 aliphatic rings. The van der Waals surface area contributed by atoms with Gasteiger partial charge < -0.3 is 14.7 Å². The predicted molar refractivity (Wildman–Crippen MR) is 76.4 cm³/mol. The largest absolute Gasteiger partial charge is 0.490 e. The van der Waals surface area contributed by atoms with Crippen LogP contribution in [-0.4, -0.2) is 41.2 Å². The fourth-order valence-electron chi connectivity index (χ4n) is 2.12. The van der Waals surface area contributed by atoms with Gasteiger partial charge in [-0.05, 0) is 38.5 Å². The number of nitrogens with zero attached hydrogens (tertiary/aromatic N) is 1. The molecule has 1 aromatic rings. The highest BCUT2D eigenvalue weighted by Gasteiger charge is 2.27. The molecule has 1 aromatic carbocycles. The van der Waals surface area contributed by atoms with Crippen molar-refractivity contribution in [2.45, 2.75) is 32.5 Å². The van der Waals surface area contributed by atoms with Crippen molar-refractivity contribution < 1.29 is 14.6 Å². The molecule has 0 bridgehead atoms. The molecular weight excluding hydrogens is 310 g/mol. The topological polar surface area (TPSA) is 49.8 Å². The lowest BCUT2D eigenvalue weighted by atomic mass is 10.1. The Kier molecular flexibility index (Phi) is 4.47. The third kappa shape index (κ3) is 3.48. The molecule has 1 saturated heterocycles. The summed E-state index contributed by atoms with van der Waals surface area (Å²) in [7, 11) is 0. The van der Waals surface area contributed by atoms with Crippen molar-refractivity contribution in [3.05, 3.63) is 28.2 Å². The molecule has 0 radical (unpaired) electrons. The van der Waals surface area contributed by atoms with Gasteiger partial charge in [0.25, 0.3) is 5.91 Å². The van der Waals surface area contributed by atoms with Crippen molar-refractivity contribution in [3.8, 4) is 5.75 Å². The number of benzene rings is 1. The predicted octanol–water partition coefficient (Wildman–Crippen LogP) is 2.44. The summed E-state index contributed by atoms with van der Waals surface area (Å²) in [6, 6.07) is 5.39. The third-order valence-corrected chi connectivity index (χ3v) is 3.48. The van der Waals surface area contributed by atoms with Crippen molar-refractivity contribution in [1.82, 2.24) is 4.90 Å². The fraction of sp³-hybridized carbons (Fsp3) is 0.500. The number of β-amino-alcohol motifs (C(OH)–C–C–N with tert-alkyl or cyclic N) is 1. The zero-order chi connectivity index (χ0) is 14.0. The van der Waals surface area contributed by atoms with Gasteiger partial charge in [-0.2, -0.15) is 0 Å². The van der Waals surface area contributed by atoms with E-state index in [1.54, 1.807) is 17.0 Å². The lowest BCUT2D eigenvalue weighted by Crippen LogP contribution is -2.30. The fourth-order valence-corrected chi connectivity index (χ4v) is 2.46. The molecule has 0 aromatic heterocycles. The van der Waals surface area contributed by atoms with E-state index in [1.165, 1.54) is 0 Å². The maximum absolute atomic E-state index is 12.4. The zero-order valence-electron chi connectivity index (χ0n) is 11.1. The van der Waals surface area contributed by atoms with Crippen LogP contribution in [0.2, 0.25) is 0 Å². The third-order valence-electron chi connectivity index (χ3n) is 2.99. The van der Waals surface area contributed by atoms with Gasteiger partial charge in [-0.1, -0.05) is 15.9 Å². The number of carbonyl (C=O) groups is 1. The summed E-state index contributed by atoms with van der Waals surface area (Å²) in [5, 5.41) is 9.52. The Hall–Kier alpha value is -1.07. The van der Waals surface area contributed by atoms with E-state index in [4.69, 9.17) is 4.74 Å². The first-order valence-electron chi connectivity index (χ1n) is 6.41. The van der Waals surface area contributed by atoms with Crippen LogP contribution in [0, 0.1) is 0 Å². The van der Waals surface area contributed by atoms with Crippen LogP contribution in [0.3, 0.4) is 0 Å². The van der Waals surface area contributed by atoms with Crippen LogP contribution < -0.4 is 4.74 Å². The van der Waals surface area contributed by atoms with Crippen LogP contribution in [0.25, 0.3) is 0 Å². The lowest BCUT2D eigenvalue weighted by Gasteiger charge is -2.19. The van der Waals surface area contributed by atoms with E-state index in [2.05, 4.69) is 15.9 Å². The van der Waals surface area contributed by atoms with Crippen LogP contribution in [0.4, 0.5) is 0 Å². The number of rotatable bonds is 3. The monoisotopic (exact) mass is 327 g/mol. The maximum Gasteiger partial charge on any atom is 0.257 e. The molecule has 1 heterocycles. The van der Waals surface area contributed by atoms with E-state index < -0.39 is 6.10 Å². The highest BCUT2D eigenvalue weighted by molar-refractivity contribution is 9.10. The average Bonchev–Trinajstić information content (AvgIpc) is 2.74. The molecule has 19 heavy (non-hydrogen) atoms. The molecule has 0 aliphatic carbocycles. The number of amides is 1. The molecule has 1 amide bonds. The van der Waals surface area contributed by atoms with Gasteiger partial charge in [0.15, 0.2) is 0 Å². The van der Waals surface area contributed by atoms with Gasteiger partial charge >= 0.3 is 0 Å². The average molecular weight is 328 g/mol. The maximum atomic E-state index is 12.4. The van der Waals surface area contributed by atoms with Crippen LogP contribution in [0.1, 0.15) is 30.6 Å². The van der Waals surface area contributed by atoms with E-state index in [-0.39, 0.29) is 12.0 Å². The van der Waals surface area contributed by atoms with Gasteiger partial charge in [0.2, 0.25) is 0 Å². The molecule has 1 aliphatic heterocycles. The molecule has 104 valence electrons. The number of hydrogen-bond donors (Lipinski definition) is 1. The molecule has 0 spiro atoms. The summed E-state index contributed by atoms with van der Waals surface area (Å²) in [6.45, 7) is 4.84. The number of likely N-dealkylation sites (tertiary alicyclic amines) is 1. The van der Waals surface area contributed by atoms with Crippen molar-refractivity contribution in [2.75, 3.05) is 13.1 Å². The van der Waals surface area contributed by atoms with Crippen LogP contribution in [0.5, 0.6) is 5.75 Å². The van der Waals surface area contributed by atoms with Gasteiger partial charge in [0.1, 0.15) is 5.75 Å². The van der Waals surface area contributed by atoms with Crippen LogP contribution in [-0.2, 0) is 0 Å². The second-order valence-electron chi connectivity index (χ2n) is 5.00. The van der Waals surface area contributed by atoms with Crippen molar-refractivity contribution in [1.29, 1.82) is 0 Å². The number of aliphatic hydroxyl groups is 1. The van der Waals surface area contributed by atoms with Gasteiger partial charge in [-0.15, -0.1) is 0 Å². The zero-order valence-corrected chi connectivity index (χ0v) is 12.7. The van der Waals surface area contributed by atoms with Gasteiger partial charge in [-0.25, -0.2) is 0 Å². The minimum atomic E-state index is -0.408. The van der Waals surface area contributed by atoms with E-state index in [1.807, 2.05) is 19.9 Å². The Labute approximate surface area is 121 Å². The van der Waals surface area contributed by atoms with E-state index in [0.29, 0.717) is 30.8 Å². The molecule has 2 rings (SSSR count). The van der Waals surface area contributed by atoms with Gasteiger partial charge in [0.05, 0.1) is 17.8 Å². The quantitative estimate of drug-likeness (QED) is 0.927. The van der Waals surface area contributed by atoms with Crippen molar-refractivity contribution >= 4 is 21.8 Å². The first-order chi connectivity index (χ1) is 8.97. The standard InChI is InChI=1S/C14H18BrNO3/c1-9(2)19-13-7-10(15)3-4-12(13)14(18)16-6-5-11(17)8-16/h3-4,7,9,11,17H,5-6,8H2,1-2H3/t11-/m0/s1. The van der Waals surface area contributed by atoms with E-state index >= 15 is 0 Å². The number of ether oxygens (including phenoxy) is 1. The second-order valence-corrected chi connectivity index (χ2v) is 5.92. The Bertz CT molecular complexity index is 476. The summed E-state index contributed by atoms with van der Waals surface area (Å²) in [4.78, 5) is 14.1. The Morgan fingerprint density at radius 1 is 1.53 bits per heavy atom. The molecule has 1 fully saturated rings. The Morgan fingerprint density at radius 2 is 2.26 bits per heavy atom. The molecule has 1 N–H and O–H groups in total. The normalized spacial score (nSPS) is 19.0. The molecule has 0 saturated carbocycles. The number of aliphatic hydroxyl groups excluding tert-OH is 1. The molecule has 1 atom stereocenters. The van der Waals surface area contributed by atoms with Gasteiger partial charge in [-0.3, -0.25) is 4.79 Å². The van der Waals surface area contributed by atoms with Crippen molar-refractivity contribution in [2.24, 2.45) is 0 Å². The highest BCUT2D eigenvalue weighted by atomic mass is 79.9. The minimum Gasteiger partial charge on any atom is -0.490 e. The molecular formula is C14H18BrNO3. The molecule has 5 heteroatoms. The van der Waals surface area contributed by atoms with E-state index in [9.17, 15) is 9.90 Å². The number of hydrogen-bond acceptors (Lipinski definition) is 3. The highest BCUT2D eigenvalue weighted by Crippen LogP contribution is 2.27. The summed E-state index contributed by atoms with van der Waals surface area (Å²) in [5.41, 5.74) is 0.547. The first-order valence-corrected chi connectivity index (χ1v) is 7.20. The minimum absolute atomic E-state index is 0.00465. The Balaban J connectivity index is 2.25. The summed E-state index contributed by atoms with van der Waals surface area (Å²) < 4.78 is 6.57. The smallest absolute Gasteiger partial charge is 0.257 e. The Morgan fingerprint density at radius 3 is 2.84 bits per heavy atom. The summed E-state index contributed by atoms with van der Waals surface area (Å²) >= 11 is 3.38.